The Morgan fingerprint density at radius 1 is 1.50 bits per heavy atom. The zero-order valence-corrected chi connectivity index (χ0v) is 9.18. The van der Waals surface area contributed by atoms with E-state index in [2.05, 4.69) is 6.92 Å². The van der Waals surface area contributed by atoms with Gasteiger partial charge in [0.25, 0.3) is 0 Å². The molecule has 10 heavy (non-hydrogen) atoms. The third-order valence-corrected chi connectivity index (χ3v) is 1.13. The van der Waals surface area contributed by atoms with Crippen molar-refractivity contribution in [2.24, 2.45) is 0 Å². The molecule has 1 radical (unpaired) electrons. The van der Waals surface area contributed by atoms with Gasteiger partial charge in [-0.3, -0.25) is 11.2 Å². The molecule has 0 saturated heterocycles. The van der Waals surface area contributed by atoms with Crippen molar-refractivity contribution in [2.75, 3.05) is 0 Å². The van der Waals surface area contributed by atoms with Gasteiger partial charge < -0.3 is 5.11 Å². The molecule has 0 atom stereocenters. The Morgan fingerprint density at radius 3 is 2.50 bits per heavy atom. The Kier molecular flexibility index (Phi) is 12.3. The quantitative estimate of drug-likeness (QED) is 0.564. The van der Waals surface area contributed by atoms with Crippen LogP contribution in [0.2, 0.25) is 0 Å². The van der Waals surface area contributed by atoms with Crippen molar-refractivity contribution in [1.29, 1.82) is 0 Å². The number of carboxylic acid groups (broad SMARTS) is 1. The first-order valence-electron chi connectivity index (χ1n) is 3.33. The predicted octanol–water partition coefficient (Wildman–Crippen LogP) is 1.85. The molecule has 1 N–H and O–H groups in total. The molecular formula is C7H13O2Y-. The van der Waals surface area contributed by atoms with Crippen molar-refractivity contribution < 1.29 is 42.6 Å². The number of carboxylic acids is 1. The van der Waals surface area contributed by atoms with Crippen molar-refractivity contribution in [3.8, 4) is 0 Å². The molecule has 0 unspecified atom stereocenters. The van der Waals surface area contributed by atoms with Gasteiger partial charge in [-0.05, 0) is 0 Å². The fraction of sp³-hybridized carbons (Fsp3) is 0.714. The second-order valence-electron chi connectivity index (χ2n) is 2.04. The Labute approximate surface area is 87.3 Å². The van der Waals surface area contributed by atoms with E-state index in [0.29, 0.717) is 6.42 Å². The van der Waals surface area contributed by atoms with Crippen molar-refractivity contribution in [3.05, 3.63) is 6.42 Å². The average Bonchev–Trinajstić information content (AvgIpc) is 1.80. The minimum atomic E-state index is -0.800. The zero-order valence-electron chi connectivity index (χ0n) is 6.34. The summed E-state index contributed by atoms with van der Waals surface area (Å²) >= 11 is 0. The summed E-state index contributed by atoms with van der Waals surface area (Å²) in [5.74, 6) is -0.800. The molecule has 0 spiro atoms. The standard InChI is InChI=1S/C7H13O2.Y/c1-2-3-4-5-6-7(8)9;/h6H,2-5H2,1H3,(H,8,9);/q-1;. The first-order valence-corrected chi connectivity index (χ1v) is 3.33. The van der Waals surface area contributed by atoms with E-state index in [0.717, 1.165) is 19.3 Å². The topological polar surface area (TPSA) is 37.3 Å². The zero-order chi connectivity index (χ0) is 7.11. The van der Waals surface area contributed by atoms with Crippen molar-refractivity contribution >= 4 is 5.97 Å². The molecule has 0 rings (SSSR count). The van der Waals surface area contributed by atoms with Gasteiger partial charge in [-0.1, -0.05) is 26.2 Å². The van der Waals surface area contributed by atoms with Gasteiger partial charge in [0.2, 0.25) is 0 Å². The molecule has 0 heterocycles. The van der Waals surface area contributed by atoms with Gasteiger partial charge in [-0.15, -0.1) is 0 Å². The van der Waals surface area contributed by atoms with E-state index in [1.807, 2.05) is 0 Å². The summed E-state index contributed by atoms with van der Waals surface area (Å²) < 4.78 is 0. The molecule has 0 aromatic carbocycles. The van der Waals surface area contributed by atoms with Gasteiger partial charge in [0, 0.05) is 32.7 Å². The molecule has 3 heteroatoms. The Balaban J connectivity index is 0. The van der Waals surface area contributed by atoms with Crippen LogP contribution in [0.3, 0.4) is 0 Å². The summed E-state index contributed by atoms with van der Waals surface area (Å²) in [5, 5.41) is 8.16. The normalized spacial score (nSPS) is 8.10. The smallest absolute Gasteiger partial charge is 0.163 e. The summed E-state index contributed by atoms with van der Waals surface area (Å²) in [5.41, 5.74) is 0. The Bertz CT molecular complexity index is 83.7. The summed E-state index contributed by atoms with van der Waals surface area (Å²) in [4.78, 5) is 9.91. The van der Waals surface area contributed by atoms with Gasteiger partial charge >= 0.3 is 0 Å². The van der Waals surface area contributed by atoms with Crippen LogP contribution in [0.15, 0.2) is 0 Å². The van der Waals surface area contributed by atoms with Crippen LogP contribution in [0.4, 0.5) is 0 Å². The maximum atomic E-state index is 9.91. The van der Waals surface area contributed by atoms with Crippen LogP contribution in [0, 0.1) is 6.42 Å². The van der Waals surface area contributed by atoms with Crippen LogP contribution in [0.25, 0.3) is 0 Å². The van der Waals surface area contributed by atoms with Crippen molar-refractivity contribution in [1.82, 2.24) is 0 Å². The van der Waals surface area contributed by atoms with Gasteiger partial charge in [-0.2, -0.15) is 6.42 Å². The molecule has 0 aromatic heterocycles. The van der Waals surface area contributed by atoms with Crippen LogP contribution in [0.1, 0.15) is 32.6 Å². The van der Waals surface area contributed by atoms with E-state index < -0.39 is 5.97 Å². The number of hydrogen-bond acceptors (Lipinski definition) is 1. The third-order valence-electron chi connectivity index (χ3n) is 1.13. The summed E-state index contributed by atoms with van der Waals surface area (Å²) in [6, 6.07) is 0. The molecule has 0 amide bonds. The summed E-state index contributed by atoms with van der Waals surface area (Å²) in [6.45, 7) is 2.10. The first-order chi connectivity index (χ1) is 4.27. The minimum absolute atomic E-state index is 0. The fourth-order valence-electron chi connectivity index (χ4n) is 0.620. The molecule has 0 saturated carbocycles. The Hall–Kier alpha value is 0.444. The van der Waals surface area contributed by atoms with E-state index in [4.69, 9.17) is 5.11 Å². The molecule has 0 bridgehead atoms. The molecule has 0 aliphatic carbocycles. The largest absolute Gasteiger partial charge is 0.503 e. The molecule has 0 aliphatic rings. The number of unbranched alkanes of at least 4 members (excludes halogenated alkanes) is 3. The SMILES string of the molecule is CCCCC[CH-]C(=O)O.[Y]. The van der Waals surface area contributed by atoms with Crippen LogP contribution in [-0.2, 0) is 37.5 Å². The first kappa shape index (κ1) is 13.1. The second kappa shape index (κ2) is 9.44. The van der Waals surface area contributed by atoms with E-state index >= 15 is 0 Å². The second-order valence-corrected chi connectivity index (χ2v) is 2.04. The number of aliphatic carboxylic acids is 1. The molecule has 0 fully saturated rings. The molecule has 57 valence electrons. The third kappa shape index (κ3) is 11.3. The maximum Gasteiger partial charge on any atom is 0.163 e. The van der Waals surface area contributed by atoms with Gasteiger partial charge in [0.05, 0.1) is 0 Å². The monoisotopic (exact) mass is 218 g/mol. The van der Waals surface area contributed by atoms with E-state index in [-0.39, 0.29) is 32.7 Å². The van der Waals surface area contributed by atoms with E-state index in [1.54, 1.807) is 0 Å². The predicted molar refractivity (Wildman–Crippen MR) is 36.1 cm³/mol. The van der Waals surface area contributed by atoms with E-state index in [1.165, 1.54) is 6.42 Å². The average molecular weight is 218 g/mol. The molecular weight excluding hydrogens is 205 g/mol. The summed E-state index contributed by atoms with van der Waals surface area (Å²) in [6.07, 6.45) is 5.30. The van der Waals surface area contributed by atoms with Crippen molar-refractivity contribution in [2.45, 2.75) is 32.6 Å². The number of carbonyl (C=O) groups is 1. The minimum Gasteiger partial charge on any atom is -0.503 e. The van der Waals surface area contributed by atoms with Gasteiger partial charge in [0.15, 0.2) is 5.97 Å². The summed E-state index contributed by atoms with van der Waals surface area (Å²) in [7, 11) is 0. The molecule has 0 aromatic rings. The number of rotatable bonds is 5. The fourth-order valence-corrected chi connectivity index (χ4v) is 0.620. The van der Waals surface area contributed by atoms with Crippen LogP contribution in [0.5, 0.6) is 0 Å². The van der Waals surface area contributed by atoms with Crippen LogP contribution in [-0.4, -0.2) is 11.1 Å². The van der Waals surface area contributed by atoms with Crippen LogP contribution >= 0.6 is 0 Å². The molecule has 2 nitrogen and oxygen atoms in total. The van der Waals surface area contributed by atoms with E-state index in [9.17, 15) is 4.79 Å². The Morgan fingerprint density at radius 2 is 2.10 bits per heavy atom. The number of hydrogen-bond donors (Lipinski definition) is 1. The van der Waals surface area contributed by atoms with Crippen LogP contribution < -0.4 is 0 Å². The van der Waals surface area contributed by atoms with Gasteiger partial charge in [0.1, 0.15) is 0 Å². The van der Waals surface area contributed by atoms with Crippen molar-refractivity contribution in [3.63, 3.8) is 0 Å². The molecule has 0 aliphatic heterocycles. The maximum absolute atomic E-state index is 9.91. The van der Waals surface area contributed by atoms with Gasteiger partial charge in [-0.25, -0.2) is 0 Å².